The van der Waals surface area contributed by atoms with Gasteiger partial charge in [0.15, 0.2) is 0 Å². The lowest BCUT2D eigenvalue weighted by molar-refractivity contribution is -0.143. The van der Waals surface area contributed by atoms with E-state index < -0.39 is 21.8 Å². The molecule has 0 saturated carbocycles. The van der Waals surface area contributed by atoms with Gasteiger partial charge in [-0.25, -0.2) is 18.0 Å². The molecule has 0 aliphatic rings. The Kier molecular flexibility index (Phi) is 6.17. The molecular weight excluding hydrogens is 368 g/mol. The van der Waals surface area contributed by atoms with Crippen LogP contribution in [0.25, 0.3) is 5.57 Å². The van der Waals surface area contributed by atoms with Crippen molar-refractivity contribution in [2.75, 3.05) is 14.2 Å². The highest BCUT2D eigenvalue weighted by Gasteiger charge is 2.28. The summed E-state index contributed by atoms with van der Waals surface area (Å²) in [5.41, 5.74) is 0.951. The highest BCUT2D eigenvalue weighted by molar-refractivity contribution is 7.91. The Morgan fingerprint density at radius 3 is 1.89 bits per heavy atom. The maximum absolute atomic E-state index is 13.1. The van der Waals surface area contributed by atoms with Crippen LogP contribution in [0.15, 0.2) is 63.9 Å². The number of hydrogen-bond donors (Lipinski definition) is 0. The largest absolute Gasteiger partial charge is 0.465 e. The minimum Gasteiger partial charge on any atom is -0.465 e. The van der Waals surface area contributed by atoms with E-state index in [1.54, 1.807) is 24.3 Å². The van der Waals surface area contributed by atoms with Crippen LogP contribution < -0.4 is 0 Å². The molecular formula is C20H20O6S. The van der Waals surface area contributed by atoms with Crippen LogP contribution in [-0.2, 0) is 28.9 Å². The van der Waals surface area contributed by atoms with Crippen LogP contribution in [0.1, 0.15) is 18.1 Å². The minimum absolute atomic E-state index is 0.0170. The zero-order valence-electron chi connectivity index (χ0n) is 15.5. The van der Waals surface area contributed by atoms with Crippen LogP contribution in [0.2, 0.25) is 0 Å². The summed E-state index contributed by atoms with van der Waals surface area (Å²) in [6, 6.07) is 12.6. The van der Waals surface area contributed by atoms with Crippen molar-refractivity contribution in [3.63, 3.8) is 0 Å². The highest BCUT2D eigenvalue weighted by atomic mass is 32.2. The van der Waals surface area contributed by atoms with Crippen molar-refractivity contribution in [2.45, 2.75) is 23.6 Å². The van der Waals surface area contributed by atoms with Crippen LogP contribution in [0, 0.1) is 6.92 Å². The van der Waals surface area contributed by atoms with Gasteiger partial charge in [0.2, 0.25) is 9.84 Å². The van der Waals surface area contributed by atoms with Crippen LogP contribution in [-0.4, -0.2) is 34.6 Å². The number of rotatable bonds is 5. The van der Waals surface area contributed by atoms with Crippen LogP contribution in [0.3, 0.4) is 0 Å². The fraction of sp³-hybridized carbons (Fsp3) is 0.200. The van der Waals surface area contributed by atoms with E-state index >= 15 is 0 Å². The zero-order valence-corrected chi connectivity index (χ0v) is 16.3. The van der Waals surface area contributed by atoms with Crippen LogP contribution in [0.4, 0.5) is 0 Å². The Morgan fingerprint density at radius 2 is 1.37 bits per heavy atom. The molecule has 0 heterocycles. The molecule has 0 fully saturated rings. The number of methoxy groups -OCH3 is 2. The van der Waals surface area contributed by atoms with Gasteiger partial charge in [0.25, 0.3) is 0 Å². The van der Waals surface area contributed by atoms with Crippen molar-refractivity contribution in [1.29, 1.82) is 0 Å². The second-order valence-electron chi connectivity index (χ2n) is 5.80. The molecule has 0 aliphatic heterocycles. The second-order valence-corrected chi connectivity index (χ2v) is 7.71. The SMILES string of the molecule is COC(=O)C(C(=O)OC)=C(C)c1ccccc1S(=O)(=O)c1ccc(C)cc1. The van der Waals surface area contributed by atoms with Crippen LogP contribution >= 0.6 is 0 Å². The van der Waals surface area contributed by atoms with Gasteiger partial charge in [-0.05, 0) is 43.2 Å². The van der Waals surface area contributed by atoms with Crippen molar-refractivity contribution in [1.82, 2.24) is 0 Å². The van der Waals surface area contributed by atoms with Gasteiger partial charge < -0.3 is 9.47 Å². The molecule has 27 heavy (non-hydrogen) atoms. The Morgan fingerprint density at radius 1 is 0.852 bits per heavy atom. The van der Waals surface area contributed by atoms with E-state index in [4.69, 9.17) is 0 Å². The van der Waals surface area contributed by atoms with E-state index in [1.807, 2.05) is 6.92 Å². The quantitative estimate of drug-likeness (QED) is 0.339. The molecule has 7 heteroatoms. The first-order valence-corrected chi connectivity index (χ1v) is 9.51. The highest BCUT2D eigenvalue weighted by Crippen LogP contribution is 2.30. The van der Waals surface area contributed by atoms with Gasteiger partial charge in [0, 0.05) is 0 Å². The smallest absolute Gasteiger partial charge is 0.345 e. The average molecular weight is 388 g/mol. The first-order chi connectivity index (χ1) is 12.7. The molecule has 2 aromatic carbocycles. The van der Waals surface area contributed by atoms with Crippen molar-refractivity contribution >= 4 is 27.3 Å². The summed E-state index contributed by atoms with van der Waals surface area (Å²) in [7, 11) is -1.60. The fourth-order valence-electron chi connectivity index (χ4n) is 2.58. The number of allylic oxidation sites excluding steroid dienone is 1. The number of sulfone groups is 1. The lowest BCUT2D eigenvalue weighted by Crippen LogP contribution is -2.18. The lowest BCUT2D eigenvalue weighted by Gasteiger charge is -2.14. The van der Waals surface area contributed by atoms with E-state index in [0.29, 0.717) is 0 Å². The molecule has 0 aliphatic carbocycles. The summed E-state index contributed by atoms with van der Waals surface area (Å²) >= 11 is 0. The Bertz CT molecular complexity index is 983. The summed E-state index contributed by atoms with van der Waals surface area (Å²) in [5.74, 6) is -1.80. The fourth-order valence-corrected chi connectivity index (χ4v) is 4.10. The molecule has 0 radical (unpaired) electrons. The molecule has 6 nitrogen and oxygen atoms in total. The van der Waals surface area contributed by atoms with E-state index in [9.17, 15) is 18.0 Å². The standard InChI is InChI=1S/C20H20O6S/c1-13-9-11-15(12-10-13)27(23,24)17-8-6-5-7-16(17)14(2)18(19(21)25-3)20(22)26-4/h5-12H,1-4H3. The van der Waals surface area contributed by atoms with Gasteiger partial charge in [-0.1, -0.05) is 35.9 Å². The zero-order chi connectivity index (χ0) is 20.2. The molecule has 142 valence electrons. The van der Waals surface area contributed by atoms with E-state index in [1.165, 1.54) is 31.2 Å². The molecule has 0 unspecified atom stereocenters. The second kappa shape index (κ2) is 8.18. The molecule has 2 rings (SSSR count). The number of carbonyl (C=O) groups is 2. The molecule has 0 bridgehead atoms. The third kappa shape index (κ3) is 4.09. The van der Waals surface area contributed by atoms with Crippen molar-refractivity contribution < 1.29 is 27.5 Å². The Balaban J connectivity index is 2.74. The lowest BCUT2D eigenvalue weighted by atomic mass is 10.0. The summed E-state index contributed by atoms with van der Waals surface area (Å²) in [6.07, 6.45) is 0. The number of benzene rings is 2. The maximum atomic E-state index is 13.1. The number of carbonyl (C=O) groups excluding carboxylic acids is 2. The topological polar surface area (TPSA) is 86.7 Å². The summed E-state index contributed by atoms with van der Waals surface area (Å²) in [4.78, 5) is 24.2. The van der Waals surface area contributed by atoms with Gasteiger partial charge in [0.05, 0.1) is 24.0 Å². The third-order valence-electron chi connectivity index (χ3n) is 4.07. The maximum Gasteiger partial charge on any atom is 0.345 e. The van der Waals surface area contributed by atoms with Crippen molar-refractivity contribution in [3.05, 3.63) is 65.2 Å². The number of aryl methyl sites for hydroxylation is 1. The normalized spacial score (nSPS) is 10.8. The van der Waals surface area contributed by atoms with Crippen LogP contribution in [0.5, 0.6) is 0 Å². The predicted octanol–water partition coefficient (Wildman–Crippen LogP) is 2.95. The van der Waals surface area contributed by atoms with Gasteiger partial charge in [-0.15, -0.1) is 0 Å². The first kappa shape index (κ1) is 20.4. The Labute approximate surface area is 158 Å². The minimum atomic E-state index is -3.87. The molecule has 0 aromatic heterocycles. The summed E-state index contributed by atoms with van der Waals surface area (Å²) < 4.78 is 35.5. The number of ether oxygens (including phenoxy) is 2. The van der Waals surface area contributed by atoms with E-state index in [2.05, 4.69) is 9.47 Å². The number of esters is 2. The van der Waals surface area contributed by atoms with E-state index in [0.717, 1.165) is 19.8 Å². The van der Waals surface area contributed by atoms with Crippen molar-refractivity contribution in [3.8, 4) is 0 Å². The summed E-state index contributed by atoms with van der Waals surface area (Å²) in [6.45, 7) is 3.34. The molecule has 0 spiro atoms. The molecule has 2 aromatic rings. The average Bonchev–Trinajstić information content (AvgIpc) is 2.67. The monoisotopic (exact) mass is 388 g/mol. The Hall–Kier alpha value is -2.93. The predicted molar refractivity (Wildman–Crippen MR) is 99.7 cm³/mol. The molecule has 0 amide bonds. The van der Waals surface area contributed by atoms with Crippen molar-refractivity contribution in [2.24, 2.45) is 0 Å². The molecule has 0 atom stereocenters. The third-order valence-corrected chi connectivity index (χ3v) is 5.89. The summed E-state index contributed by atoms with van der Waals surface area (Å²) in [5, 5.41) is 0. The number of hydrogen-bond acceptors (Lipinski definition) is 6. The van der Waals surface area contributed by atoms with Gasteiger partial charge in [0.1, 0.15) is 5.57 Å². The van der Waals surface area contributed by atoms with Gasteiger partial charge in [-0.3, -0.25) is 0 Å². The van der Waals surface area contributed by atoms with E-state index in [-0.39, 0.29) is 26.5 Å². The van der Waals surface area contributed by atoms with Gasteiger partial charge in [-0.2, -0.15) is 0 Å². The molecule has 0 N–H and O–H groups in total. The first-order valence-electron chi connectivity index (χ1n) is 8.02. The molecule has 0 saturated heterocycles. The van der Waals surface area contributed by atoms with Gasteiger partial charge >= 0.3 is 11.9 Å².